The SMILES string of the molecule is O=C(NC1CCCCC1)N[C@H]1CCN(c2ccc(F)cc2)C1=O. The predicted molar refractivity (Wildman–Crippen MR) is 85.7 cm³/mol. The van der Waals surface area contributed by atoms with Gasteiger partial charge in [-0.15, -0.1) is 0 Å². The normalized spacial score (nSPS) is 22.2. The molecule has 2 aliphatic rings. The molecule has 1 saturated heterocycles. The van der Waals surface area contributed by atoms with Crippen molar-refractivity contribution < 1.29 is 14.0 Å². The Hall–Kier alpha value is -2.11. The van der Waals surface area contributed by atoms with Gasteiger partial charge in [-0.2, -0.15) is 0 Å². The second-order valence-electron chi connectivity index (χ2n) is 6.26. The van der Waals surface area contributed by atoms with Crippen LogP contribution in [-0.2, 0) is 4.79 Å². The minimum absolute atomic E-state index is 0.143. The summed E-state index contributed by atoms with van der Waals surface area (Å²) >= 11 is 0. The van der Waals surface area contributed by atoms with E-state index in [1.807, 2.05) is 0 Å². The zero-order valence-electron chi connectivity index (χ0n) is 13.1. The molecule has 6 heteroatoms. The van der Waals surface area contributed by atoms with Gasteiger partial charge in [0.2, 0.25) is 5.91 Å². The van der Waals surface area contributed by atoms with Crippen LogP contribution in [0.5, 0.6) is 0 Å². The predicted octanol–water partition coefficient (Wildman–Crippen LogP) is 2.56. The van der Waals surface area contributed by atoms with Crippen LogP contribution < -0.4 is 15.5 Å². The zero-order chi connectivity index (χ0) is 16.2. The molecule has 1 saturated carbocycles. The van der Waals surface area contributed by atoms with Crippen LogP contribution in [0.3, 0.4) is 0 Å². The highest BCUT2D eigenvalue weighted by atomic mass is 19.1. The molecular formula is C17H22FN3O2. The molecule has 0 aromatic heterocycles. The smallest absolute Gasteiger partial charge is 0.315 e. The molecule has 3 amide bonds. The summed E-state index contributed by atoms with van der Waals surface area (Å²) in [6.07, 6.45) is 6.10. The van der Waals surface area contributed by atoms with E-state index in [-0.39, 0.29) is 23.8 Å². The fourth-order valence-electron chi connectivity index (χ4n) is 3.32. The molecule has 124 valence electrons. The molecule has 0 unspecified atom stereocenters. The maximum Gasteiger partial charge on any atom is 0.315 e. The Labute approximate surface area is 135 Å². The monoisotopic (exact) mass is 319 g/mol. The Balaban J connectivity index is 1.54. The van der Waals surface area contributed by atoms with Crippen molar-refractivity contribution in [3.63, 3.8) is 0 Å². The molecule has 1 aromatic rings. The molecule has 3 rings (SSSR count). The van der Waals surface area contributed by atoms with E-state index >= 15 is 0 Å². The van der Waals surface area contributed by atoms with Gasteiger partial charge in [0.25, 0.3) is 0 Å². The maximum atomic E-state index is 13.0. The van der Waals surface area contributed by atoms with Gasteiger partial charge in [0.15, 0.2) is 0 Å². The summed E-state index contributed by atoms with van der Waals surface area (Å²) in [7, 11) is 0. The summed E-state index contributed by atoms with van der Waals surface area (Å²) in [5, 5.41) is 5.73. The molecule has 0 bridgehead atoms. The minimum atomic E-state index is -0.511. The summed E-state index contributed by atoms with van der Waals surface area (Å²) in [4.78, 5) is 26.1. The first kappa shape index (κ1) is 15.8. The number of anilines is 1. The van der Waals surface area contributed by atoms with E-state index in [0.717, 1.165) is 25.7 Å². The molecule has 0 radical (unpaired) electrons. The molecule has 1 aliphatic carbocycles. The molecular weight excluding hydrogens is 297 g/mol. The van der Waals surface area contributed by atoms with E-state index in [2.05, 4.69) is 10.6 Å². The van der Waals surface area contributed by atoms with Crippen molar-refractivity contribution in [3.05, 3.63) is 30.1 Å². The third-order valence-corrected chi connectivity index (χ3v) is 4.59. The third kappa shape index (κ3) is 3.81. The molecule has 1 atom stereocenters. The lowest BCUT2D eigenvalue weighted by Gasteiger charge is -2.24. The van der Waals surface area contributed by atoms with Crippen LogP contribution in [0, 0.1) is 5.82 Å². The number of nitrogens with zero attached hydrogens (tertiary/aromatic N) is 1. The fourth-order valence-corrected chi connectivity index (χ4v) is 3.32. The number of nitrogens with one attached hydrogen (secondary N) is 2. The lowest BCUT2D eigenvalue weighted by Crippen LogP contribution is -2.49. The average molecular weight is 319 g/mol. The Kier molecular flexibility index (Phi) is 4.79. The van der Waals surface area contributed by atoms with Gasteiger partial charge in [0.05, 0.1) is 0 Å². The average Bonchev–Trinajstić information content (AvgIpc) is 2.90. The van der Waals surface area contributed by atoms with Gasteiger partial charge in [0, 0.05) is 18.3 Å². The van der Waals surface area contributed by atoms with E-state index < -0.39 is 6.04 Å². The summed E-state index contributed by atoms with van der Waals surface area (Å²) < 4.78 is 13.0. The molecule has 2 N–H and O–H groups in total. The first-order valence-electron chi connectivity index (χ1n) is 8.27. The first-order chi connectivity index (χ1) is 11.1. The van der Waals surface area contributed by atoms with Crippen molar-refractivity contribution in [1.29, 1.82) is 0 Å². The van der Waals surface area contributed by atoms with Crippen LogP contribution in [0.2, 0.25) is 0 Å². The van der Waals surface area contributed by atoms with Crippen LogP contribution in [0.1, 0.15) is 38.5 Å². The number of carbonyl (C=O) groups is 2. The van der Waals surface area contributed by atoms with Crippen molar-refractivity contribution in [2.24, 2.45) is 0 Å². The van der Waals surface area contributed by atoms with Crippen molar-refractivity contribution in [1.82, 2.24) is 10.6 Å². The van der Waals surface area contributed by atoms with E-state index in [9.17, 15) is 14.0 Å². The largest absolute Gasteiger partial charge is 0.335 e. The summed E-state index contributed by atoms with van der Waals surface area (Å²) in [6.45, 7) is 0.527. The quantitative estimate of drug-likeness (QED) is 0.899. The topological polar surface area (TPSA) is 61.4 Å². The van der Waals surface area contributed by atoms with Gasteiger partial charge >= 0.3 is 6.03 Å². The summed E-state index contributed by atoms with van der Waals surface area (Å²) in [5.41, 5.74) is 0.661. The van der Waals surface area contributed by atoms with Crippen LogP contribution in [0.15, 0.2) is 24.3 Å². The molecule has 5 nitrogen and oxygen atoms in total. The van der Waals surface area contributed by atoms with Crippen molar-refractivity contribution in [2.75, 3.05) is 11.4 Å². The molecule has 1 aliphatic heterocycles. The van der Waals surface area contributed by atoms with Crippen molar-refractivity contribution >= 4 is 17.6 Å². The Morgan fingerprint density at radius 2 is 1.74 bits per heavy atom. The minimum Gasteiger partial charge on any atom is -0.335 e. The zero-order valence-corrected chi connectivity index (χ0v) is 13.1. The van der Waals surface area contributed by atoms with Gasteiger partial charge in [-0.05, 0) is 43.5 Å². The van der Waals surface area contributed by atoms with E-state index in [1.165, 1.54) is 18.6 Å². The van der Waals surface area contributed by atoms with Gasteiger partial charge < -0.3 is 15.5 Å². The van der Waals surface area contributed by atoms with Gasteiger partial charge in [0.1, 0.15) is 11.9 Å². The number of halogens is 1. The summed E-state index contributed by atoms with van der Waals surface area (Å²) in [5.74, 6) is -0.475. The molecule has 1 heterocycles. The van der Waals surface area contributed by atoms with Gasteiger partial charge in [-0.1, -0.05) is 19.3 Å². The number of hydrogen-bond acceptors (Lipinski definition) is 2. The molecule has 2 fully saturated rings. The first-order valence-corrected chi connectivity index (χ1v) is 8.27. The lowest BCUT2D eigenvalue weighted by molar-refractivity contribution is -0.118. The Morgan fingerprint density at radius 3 is 2.43 bits per heavy atom. The third-order valence-electron chi connectivity index (χ3n) is 4.59. The van der Waals surface area contributed by atoms with Crippen LogP contribution in [-0.4, -0.2) is 30.6 Å². The number of benzene rings is 1. The number of hydrogen-bond donors (Lipinski definition) is 2. The summed E-state index contributed by atoms with van der Waals surface area (Å²) in [6, 6.07) is 5.27. The molecule has 0 spiro atoms. The number of urea groups is 1. The number of carbonyl (C=O) groups excluding carboxylic acids is 2. The molecule has 23 heavy (non-hydrogen) atoms. The highest BCUT2D eigenvalue weighted by molar-refractivity contribution is 6.01. The number of rotatable bonds is 3. The Bertz CT molecular complexity index is 570. The molecule has 1 aromatic carbocycles. The fraction of sp³-hybridized carbons (Fsp3) is 0.529. The van der Waals surface area contributed by atoms with E-state index in [4.69, 9.17) is 0 Å². The van der Waals surface area contributed by atoms with Crippen LogP contribution >= 0.6 is 0 Å². The van der Waals surface area contributed by atoms with Crippen LogP contribution in [0.25, 0.3) is 0 Å². The standard InChI is InChI=1S/C17H22FN3O2/c18-12-6-8-14(9-7-12)21-11-10-15(16(21)22)20-17(23)19-13-4-2-1-3-5-13/h6-9,13,15H,1-5,10-11H2,(H2,19,20,23)/t15-/m0/s1. The second kappa shape index (κ2) is 6.98. The Morgan fingerprint density at radius 1 is 1.04 bits per heavy atom. The lowest BCUT2D eigenvalue weighted by atomic mass is 9.96. The van der Waals surface area contributed by atoms with Gasteiger partial charge in [-0.3, -0.25) is 4.79 Å². The maximum absolute atomic E-state index is 13.0. The second-order valence-corrected chi connectivity index (χ2v) is 6.26. The number of amides is 3. The van der Waals surface area contributed by atoms with E-state index in [1.54, 1.807) is 17.0 Å². The highest BCUT2D eigenvalue weighted by Gasteiger charge is 2.33. The highest BCUT2D eigenvalue weighted by Crippen LogP contribution is 2.22. The van der Waals surface area contributed by atoms with Gasteiger partial charge in [-0.25, -0.2) is 9.18 Å². The van der Waals surface area contributed by atoms with E-state index in [0.29, 0.717) is 18.7 Å². The van der Waals surface area contributed by atoms with Crippen molar-refractivity contribution in [2.45, 2.75) is 50.6 Å². The van der Waals surface area contributed by atoms with Crippen molar-refractivity contribution in [3.8, 4) is 0 Å². The van der Waals surface area contributed by atoms with Crippen LogP contribution in [0.4, 0.5) is 14.9 Å².